The predicted molar refractivity (Wildman–Crippen MR) is 50.0 cm³/mol. The highest BCUT2D eigenvalue weighted by atomic mass is 19.1. The number of carbonyl (C=O) groups is 2. The Bertz CT molecular complexity index is 605. The van der Waals surface area contributed by atoms with Gasteiger partial charge in [-0.2, -0.15) is 5.10 Å². The number of aromatic carboxylic acids is 2. The van der Waals surface area contributed by atoms with Crippen LogP contribution in [0, 0.1) is 5.82 Å². The minimum atomic E-state index is -1.38. The fraction of sp³-hybridized carbons (Fsp3) is 0. The SMILES string of the molecule is O=C(O)c1cc(F)c2c(C(=O)O)n[nH]c2c1. The summed E-state index contributed by atoms with van der Waals surface area (Å²) in [7, 11) is 0. The predicted octanol–water partition coefficient (Wildman–Crippen LogP) is 1.10. The summed E-state index contributed by atoms with van der Waals surface area (Å²) in [4.78, 5) is 21.3. The third-order valence-electron chi connectivity index (χ3n) is 2.06. The zero-order chi connectivity index (χ0) is 11.9. The van der Waals surface area contributed by atoms with Gasteiger partial charge in [-0.25, -0.2) is 14.0 Å². The van der Waals surface area contributed by atoms with Crippen molar-refractivity contribution in [1.82, 2.24) is 10.2 Å². The average Bonchev–Trinajstić information content (AvgIpc) is 2.61. The maximum absolute atomic E-state index is 13.5. The first-order chi connectivity index (χ1) is 7.50. The van der Waals surface area contributed by atoms with Gasteiger partial charge in [0.25, 0.3) is 0 Å². The summed E-state index contributed by atoms with van der Waals surface area (Å²) < 4.78 is 13.5. The van der Waals surface area contributed by atoms with E-state index in [1.165, 1.54) is 0 Å². The third kappa shape index (κ3) is 1.38. The molecule has 1 aromatic heterocycles. The number of H-pyrrole nitrogens is 1. The minimum Gasteiger partial charge on any atom is -0.478 e. The van der Waals surface area contributed by atoms with Crippen LogP contribution in [0.25, 0.3) is 10.9 Å². The minimum absolute atomic E-state index is 0.0369. The molecule has 82 valence electrons. The lowest BCUT2D eigenvalue weighted by molar-refractivity contribution is 0.0684. The molecule has 0 amide bonds. The molecule has 1 aromatic carbocycles. The average molecular weight is 224 g/mol. The Hall–Kier alpha value is -2.44. The zero-order valence-electron chi connectivity index (χ0n) is 7.69. The van der Waals surface area contributed by atoms with E-state index in [-0.39, 0.29) is 16.5 Å². The van der Waals surface area contributed by atoms with Crippen LogP contribution in [0.15, 0.2) is 12.1 Å². The van der Waals surface area contributed by atoms with E-state index in [9.17, 15) is 14.0 Å². The van der Waals surface area contributed by atoms with Gasteiger partial charge in [-0.05, 0) is 12.1 Å². The number of nitrogens with zero attached hydrogens (tertiary/aromatic N) is 1. The van der Waals surface area contributed by atoms with E-state index in [4.69, 9.17) is 10.2 Å². The molecule has 0 saturated carbocycles. The number of hydrogen-bond donors (Lipinski definition) is 3. The molecule has 0 fully saturated rings. The second-order valence-electron chi connectivity index (χ2n) is 3.06. The standard InChI is InChI=1S/C9H5FN2O4/c10-4-1-3(8(13)14)2-5-6(4)7(9(15)16)12-11-5/h1-2H,(H,11,12)(H,13,14)(H,15,16). The lowest BCUT2D eigenvalue weighted by Crippen LogP contribution is -2.00. The summed E-state index contributed by atoms with van der Waals surface area (Å²) in [5, 5.41) is 22.8. The Morgan fingerprint density at radius 3 is 2.50 bits per heavy atom. The van der Waals surface area contributed by atoms with Gasteiger partial charge in [0, 0.05) is 0 Å². The number of fused-ring (bicyclic) bond motifs is 1. The molecular formula is C9H5FN2O4. The number of hydrogen-bond acceptors (Lipinski definition) is 3. The first-order valence-electron chi connectivity index (χ1n) is 4.15. The van der Waals surface area contributed by atoms with E-state index in [0.717, 1.165) is 12.1 Å². The van der Waals surface area contributed by atoms with Gasteiger partial charge in [-0.1, -0.05) is 0 Å². The Balaban J connectivity index is 2.78. The van der Waals surface area contributed by atoms with Crippen molar-refractivity contribution in [3.63, 3.8) is 0 Å². The van der Waals surface area contributed by atoms with Crippen molar-refractivity contribution < 1.29 is 24.2 Å². The maximum atomic E-state index is 13.5. The van der Waals surface area contributed by atoms with Crippen molar-refractivity contribution in [2.75, 3.05) is 0 Å². The van der Waals surface area contributed by atoms with Crippen LogP contribution in [0.4, 0.5) is 4.39 Å². The van der Waals surface area contributed by atoms with Crippen molar-refractivity contribution in [2.45, 2.75) is 0 Å². The number of carboxylic acids is 2. The number of halogens is 1. The second kappa shape index (κ2) is 3.30. The molecule has 0 bridgehead atoms. The number of benzene rings is 1. The van der Waals surface area contributed by atoms with Gasteiger partial charge in [0.15, 0.2) is 5.69 Å². The number of carboxylic acid groups (broad SMARTS) is 2. The maximum Gasteiger partial charge on any atom is 0.357 e. The summed E-state index contributed by atoms with van der Waals surface area (Å²) in [6.45, 7) is 0. The van der Waals surface area contributed by atoms with Crippen molar-refractivity contribution in [3.05, 3.63) is 29.2 Å². The molecule has 7 heteroatoms. The van der Waals surface area contributed by atoms with Crippen molar-refractivity contribution in [3.8, 4) is 0 Å². The molecule has 2 rings (SSSR count). The topological polar surface area (TPSA) is 103 Å². The molecule has 6 nitrogen and oxygen atoms in total. The summed E-state index contributed by atoms with van der Waals surface area (Å²) >= 11 is 0. The van der Waals surface area contributed by atoms with Gasteiger partial charge in [0.1, 0.15) is 5.82 Å². The summed E-state index contributed by atoms with van der Waals surface area (Å²) in [5.74, 6) is -3.61. The van der Waals surface area contributed by atoms with Crippen LogP contribution in [-0.4, -0.2) is 32.3 Å². The molecule has 0 aliphatic carbocycles. The van der Waals surface area contributed by atoms with Crippen LogP contribution in [0.1, 0.15) is 20.8 Å². The number of nitrogens with one attached hydrogen (secondary N) is 1. The summed E-state index contributed by atoms with van der Waals surface area (Å²) in [6, 6.07) is 1.88. The summed E-state index contributed by atoms with van der Waals surface area (Å²) in [5.41, 5.74) is -0.704. The van der Waals surface area contributed by atoms with Crippen LogP contribution < -0.4 is 0 Å². The van der Waals surface area contributed by atoms with E-state index in [0.29, 0.717) is 0 Å². The highest BCUT2D eigenvalue weighted by molar-refractivity contribution is 6.03. The first kappa shape index (κ1) is 10.1. The van der Waals surface area contributed by atoms with E-state index in [1.807, 2.05) is 0 Å². The molecule has 2 aromatic rings. The van der Waals surface area contributed by atoms with Crippen molar-refractivity contribution in [2.24, 2.45) is 0 Å². The van der Waals surface area contributed by atoms with Crippen molar-refractivity contribution in [1.29, 1.82) is 0 Å². The van der Waals surface area contributed by atoms with E-state index >= 15 is 0 Å². The quantitative estimate of drug-likeness (QED) is 0.708. The molecule has 1 heterocycles. The van der Waals surface area contributed by atoms with Crippen LogP contribution in [0.3, 0.4) is 0 Å². The molecule has 0 radical (unpaired) electrons. The second-order valence-corrected chi connectivity index (χ2v) is 3.06. The molecule has 0 saturated heterocycles. The third-order valence-corrected chi connectivity index (χ3v) is 2.06. The smallest absolute Gasteiger partial charge is 0.357 e. The lowest BCUT2D eigenvalue weighted by Gasteiger charge is -1.97. The fourth-order valence-corrected chi connectivity index (χ4v) is 1.39. The zero-order valence-corrected chi connectivity index (χ0v) is 7.69. The Labute approximate surface area is 87.3 Å². The number of aromatic amines is 1. The van der Waals surface area contributed by atoms with E-state index in [1.54, 1.807) is 0 Å². The fourth-order valence-electron chi connectivity index (χ4n) is 1.39. The molecule has 0 aliphatic heterocycles. The van der Waals surface area contributed by atoms with Gasteiger partial charge in [-0.3, -0.25) is 5.10 Å². The molecular weight excluding hydrogens is 219 g/mol. The van der Waals surface area contributed by atoms with Crippen LogP contribution in [-0.2, 0) is 0 Å². The first-order valence-corrected chi connectivity index (χ1v) is 4.15. The van der Waals surface area contributed by atoms with Gasteiger partial charge in [-0.15, -0.1) is 0 Å². The molecule has 0 aliphatic rings. The van der Waals surface area contributed by atoms with Crippen LogP contribution in [0.5, 0.6) is 0 Å². The van der Waals surface area contributed by atoms with Gasteiger partial charge < -0.3 is 10.2 Å². The molecule has 16 heavy (non-hydrogen) atoms. The van der Waals surface area contributed by atoms with Gasteiger partial charge in [0.05, 0.1) is 16.5 Å². The normalized spacial score (nSPS) is 10.6. The Morgan fingerprint density at radius 1 is 1.25 bits per heavy atom. The van der Waals surface area contributed by atoms with E-state index in [2.05, 4.69) is 10.2 Å². The number of aromatic nitrogens is 2. The molecule has 0 atom stereocenters. The molecule has 0 unspecified atom stereocenters. The lowest BCUT2D eigenvalue weighted by atomic mass is 10.1. The largest absolute Gasteiger partial charge is 0.478 e. The highest BCUT2D eigenvalue weighted by Crippen LogP contribution is 2.21. The van der Waals surface area contributed by atoms with Crippen molar-refractivity contribution >= 4 is 22.8 Å². The van der Waals surface area contributed by atoms with Crippen LogP contribution in [0.2, 0.25) is 0 Å². The summed E-state index contributed by atoms with van der Waals surface area (Å²) in [6.07, 6.45) is 0. The Morgan fingerprint density at radius 2 is 1.94 bits per heavy atom. The number of rotatable bonds is 2. The van der Waals surface area contributed by atoms with E-state index < -0.39 is 23.4 Å². The van der Waals surface area contributed by atoms with Gasteiger partial charge in [0.2, 0.25) is 0 Å². The Kier molecular flexibility index (Phi) is 2.08. The monoisotopic (exact) mass is 224 g/mol. The molecule has 0 spiro atoms. The van der Waals surface area contributed by atoms with Crippen LogP contribution >= 0.6 is 0 Å². The molecule has 3 N–H and O–H groups in total. The van der Waals surface area contributed by atoms with Gasteiger partial charge >= 0.3 is 11.9 Å². The highest BCUT2D eigenvalue weighted by Gasteiger charge is 2.18.